The summed E-state index contributed by atoms with van der Waals surface area (Å²) < 4.78 is 25.5. The molecule has 0 radical (unpaired) electrons. The molecule has 0 aliphatic carbocycles. The lowest BCUT2D eigenvalue weighted by atomic mass is 10.00. The van der Waals surface area contributed by atoms with E-state index >= 15 is 0 Å². The molecule has 1 aromatic rings. The fourth-order valence-electron chi connectivity index (χ4n) is 3.05. The predicted octanol–water partition coefficient (Wildman–Crippen LogP) is 1.83. The number of likely N-dealkylation sites (tertiary alicyclic amines) is 1. The highest BCUT2D eigenvalue weighted by molar-refractivity contribution is 5.46. The van der Waals surface area contributed by atoms with Crippen LogP contribution in [0.15, 0.2) is 12.1 Å². The highest BCUT2D eigenvalue weighted by atomic mass is 19.1. The summed E-state index contributed by atoms with van der Waals surface area (Å²) in [5, 5.41) is 10.4. The van der Waals surface area contributed by atoms with Crippen LogP contribution in [-0.2, 0) is 0 Å². The van der Waals surface area contributed by atoms with Crippen molar-refractivity contribution in [2.75, 3.05) is 26.2 Å². The Morgan fingerprint density at radius 1 is 1.43 bits per heavy atom. The molecule has 128 valence electrons. The molecule has 1 saturated heterocycles. The van der Waals surface area contributed by atoms with E-state index in [0.29, 0.717) is 24.5 Å². The number of nitrogens with zero attached hydrogens (tertiary/aromatic N) is 1. The number of hydrogen-bond donors (Lipinski definition) is 2. The second kappa shape index (κ2) is 7.03. The van der Waals surface area contributed by atoms with Crippen LogP contribution in [0.25, 0.3) is 0 Å². The van der Waals surface area contributed by atoms with Gasteiger partial charge in [-0.15, -0.1) is 0 Å². The Labute approximate surface area is 136 Å². The van der Waals surface area contributed by atoms with Crippen molar-refractivity contribution in [3.63, 3.8) is 0 Å². The zero-order valence-corrected chi connectivity index (χ0v) is 13.5. The van der Waals surface area contributed by atoms with Gasteiger partial charge in [-0.05, 0) is 43.6 Å². The fourth-order valence-corrected chi connectivity index (χ4v) is 3.05. The average Bonchev–Trinajstić information content (AvgIpc) is 2.50. The van der Waals surface area contributed by atoms with Gasteiger partial charge in [-0.2, -0.15) is 0 Å². The zero-order valence-electron chi connectivity index (χ0n) is 13.5. The second-order valence-electron chi connectivity index (χ2n) is 6.43. The number of hydrogen-bond acceptors (Lipinski definition) is 5. The minimum absolute atomic E-state index is 0.0750. The molecule has 6 heteroatoms. The number of halogens is 1. The number of rotatable bonds is 6. The monoisotopic (exact) mass is 324 g/mol. The summed E-state index contributed by atoms with van der Waals surface area (Å²) in [6, 6.07) is 2.49. The van der Waals surface area contributed by atoms with Gasteiger partial charge >= 0.3 is 0 Å². The third-order valence-corrected chi connectivity index (χ3v) is 4.51. The van der Waals surface area contributed by atoms with E-state index in [1.54, 1.807) is 6.07 Å². The van der Waals surface area contributed by atoms with Gasteiger partial charge < -0.3 is 25.2 Å². The molecule has 5 nitrogen and oxygen atoms in total. The summed E-state index contributed by atoms with van der Waals surface area (Å²) in [6.45, 7) is 5.04. The Hall–Kier alpha value is -1.37. The zero-order chi connectivity index (χ0) is 16.4. The lowest BCUT2D eigenvalue weighted by Crippen LogP contribution is -2.47. The molecule has 0 saturated carbocycles. The number of aliphatic hydroxyl groups is 1. The maximum atomic E-state index is 14.2. The van der Waals surface area contributed by atoms with Crippen LogP contribution >= 0.6 is 0 Å². The third kappa shape index (κ3) is 3.59. The van der Waals surface area contributed by atoms with Crippen molar-refractivity contribution in [3.05, 3.63) is 23.5 Å². The summed E-state index contributed by atoms with van der Waals surface area (Å²) >= 11 is 0. The van der Waals surface area contributed by atoms with Gasteiger partial charge in [0, 0.05) is 12.6 Å². The molecule has 3 N–H and O–H groups in total. The summed E-state index contributed by atoms with van der Waals surface area (Å²) in [5.41, 5.74) is 6.51. The first-order valence-electron chi connectivity index (χ1n) is 8.37. The molecule has 2 aliphatic heterocycles. The number of benzene rings is 1. The number of aliphatic hydroxyl groups excluding tert-OH is 1. The molecular formula is C17H25FN2O3. The Bertz CT molecular complexity index is 551. The van der Waals surface area contributed by atoms with Crippen molar-refractivity contribution in [2.24, 2.45) is 5.73 Å². The van der Waals surface area contributed by atoms with Crippen LogP contribution in [0.2, 0.25) is 0 Å². The quantitative estimate of drug-likeness (QED) is 0.836. The van der Waals surface area contributed by atoms with Crippen molar-refractivity contribution in [1.82, 2.24) is 4.90 Å². The van der Waals surface area contributed by atoms with Crippen LogP contribution < -0.4 is 15.2 Å². The molecule has 3 atom stereocenters. The van der Waals surface area contributed by atoms with Gasteiger partial charge in [0.25, 0.3) is 0 Å². The van der Waals surface area contributed by atoms with Crippen LogP contribution in [0.4, 0.5) is 4.39 Å². The fraction of sp³-hybridized carbons (Fsp3) is 0.647. The molecule has 1 fully saturated rings. The van der Waals surface area contributed by atoms with Crippen LogP contribution in [0.5, 0.6) is 11.5 Å². The smallest absolute Gasteiger partial charge is 0.197 e. The first-order chi connectivity index (χ1) is 11.1. The average molecular weight is 324 g/mol. The van der Waals surface area contributed by atoms with Crippen LogP contribution in [0.3, 0.4) is 0 Å². The Kier molecular flexibility index (Phi) is 5.04. The Balaban J connectivity index is 1.74. The Morgan fingerprint density at radius 2 is 2.22 bits per heavy atom. The first kappa shape index (κ1) is 16.5. The van der Waals surface area contributed by atoms with Gasteiger partial charge in [0.05, 0.1) is 6.10 Å². The van der Waals surface area contributed by atoms with E-state index in [9.17, 15) is 9.50 Å². The summed E-state index contributed by atoms with van der Waals surface area (Å²) in [5.74, 6) is -0.0211. The molecule has 2 aliphatic rings. The minimum atomic E-state index is -0.925. The highest BCUT2D eigenvalue weighted by Crippen LogP contribution is 2.38. The normalized spacial score (nSPS) is 23.2. The summed E-state index contributed by atoms with van der Waals surface area (Å²) in [6.07, 6.45) is 1.98. The van der Waals surface area contributed by atoms with Crippen LogP contribution in [0, 0.1) is 5.82 Å². The summed E-state index contributed by atoms with van der Waals surface area (Å²) in [4.78, 5) is 2.18. The van der Waals surface area contributed by atoms with Gasteiger partial charge in [0.15, 0.2) is 17.3 Å². The van der Waals surface area contributed by atoms with E-state index in [2.05, 4.69) is 11.8 Å². The van der Waals surface area contributed by atoms with Gasteiger partial charge in [0.2, 0.25) is 0 Å². The second-order valence-corrected chi connectivity index (χ2v) is 6.43. The maximum Gasteiger partial charge on any atom is 0.197 e. The third-order valence-electron chi connectivity index (χ3n) is 4.51. The molecule has 0 spiro atoms. The maximum absolute atomic E-state index is 14.2. The Morgan fingerprint density at radius 3 is 2.87 bits per heavy atom. The van der Waals surface area contributed by atoms with E-state index in [0.717, 1.165) is 25.9 Å². The molecule has 3 rings (SSSR count). The largest absolute Gasteiger partial charge is 0.483 e. The van der Waals surface area contributed by atoms with Crippen molar-refractivity contribution in [2.45, 2.75) is 44.4 Å². The van der Waals surface area contributed by atoms with Crippen molar-refractivity contribution in [1.29, 1.82) is 0 Å². The van der Waals surface area contributed by atoms with E-state index in [1.807, 2.05) is 0 Å². The topological polar surface area (TPSA) is 68.0 Å². The van der Waals surface area contributed by atoms with Gasteiger partial charge in [-0.3, -0.25) is 0 Å². The number of fused-ring (bicyclic) bond motifs is 1. The number of ether oxygens (including phenoxy) is 2. The molecule has 0 bridgehead atoms. The minimum Gasteiger partial charge on any atom is -0.483 e. The van der Waals surface area contributed by atoms with E-state index in [-0.39, 0.29) is 11.9 Å². The summed E-state index contributed by atoms with van der Waals surface area (Å²) in [7, 11) is 0. The molecule has 23 heavy (non-hydrogen) atoms. The van der Waals surface area contributed by atoms with E-state index in [1.165, 1.54) is 12.5 Å². The standard InChI is InChI=1S/C17H25FN2O3/c1-2-4-12-10-22-17-13(18)7-11(8-15(17)23-12)16(21)14(19)9-20-5-3-6-20/h7-8,12,14,16,21H,2-6,9-10,19H2,1H3/t12?,14-,16?/m1/s1. The molecule has 0 amide bonds. The molecule has 0 aromatic heterocycles. The first-order valence-corrected chi connectivity index (χ1v) is 8.37. The predicted molar refractivity (Wildman–Crippen MR) is 85.2 cm³/mol. The van der Waals surface area contributed by atoms with Gasteiger partial charge in [-0.25, -0.2) is 4.39 Å². The van der Waals surface area contributed by atoms with E-state index < -0.39 is 18.0 Å². The van der Waals surface area contributed by atoms with Gasteiger partial charge in [0.1, 0.15) is 12.7 Å². The van der Waals surface area contributed by atoms with Crippen LogP contribution in [0.1, 0.15) is 37.9 Å². The van der Waals surface area contributed by atoms with Gasteiger partial charge in [-0.1, -0.05) is 13.3 Å². The molecular weight excluding hydrogens is 299 g/mol. The van der Waals surface area contributed by atoms with Crippen LogP contribution in [-0.4, -0.2) is 48.4 Å². The number of nitrogens with two attached hydrogens (primary N) is 1. The SMILES string of the molecule is CCCC1COc2c(F)cc(C(O)[C@H](N)CN3CCC3)cc2O1. The lowest BCUT2D eigenvalue weighted by Gasteiger charge is -2.34. The molecule has 2 unspecified atom stereocenters. The van der Waals surface area contributed by atoms with E-state index in [4.69, 9.17) is 15.2 Å². The highest BCUT2D eigenvalue weighted by Gasteiger charge is 2.28. The molecule has 1 aromatic carbocycles. The van der Waals surface area contributed by atoms with Crippen molar-refractivity contribution >= 4 is 0 Å². The lowest BCUT2D eigenvalue weighted by molar-refractivity contribution is 0.0769. The van der Waals surface area contributed by atoms with Crippen molar-refractivity contribution in [3.8, 4) is 11.5 Å². The van der Waals surface area contributed by atoms with Crippen molar-refractivity contribution < 1.29 is 19.0 Å². The molecule has 2 heterocycles.